The van der Waals surface area contributed by atoms with Crippen molar-refractivity contribution in [2.75, 3.05) is 0 Å². The van der Waals surface area contributed by atoms with Gasteiger partial charge in [0.2, 0.25) is 0 Å². The van der Waals surface area contributed by atoms with Crippen LogP contribution in [0.3, 0.4) is 0 Å². The summed E-state index contributed by atoms with van der Waals surface area (Å²) in [5.41, 5.74) is -1.04. The number of halogens is 2. The van der Waals surface area contributed by atoms with E-state index in [4.69, 9.17) is 0 Å². The van der Waals surface area contributed by atoms with Crippen molar-refractivity contribution in [3.05, 3.63) is 57.0 Å². The molecule has 0 aliphatic rings. The van der Waals surface area contributed by atoms with Crippen LogP contribution in [0.5, 0.6) is 0 Å². The normalized spacial score (nSPS) is 11.6. The first-order valence-corrected chi connectivity index (χ1v) is 8.04. The zero-order valence-corrected chi connectivity index (χ0v) is 14.2. The molecule has 2 aromatic heterocycles. The predicted octanol–water partition coefficient (Wildman–Crippen LogP) is 2.62. The van der Waals surface area contributed by atoms with Crippen molar-refractivity contribution in [2.45, 2.75) is 39.8 Å². The summed E-state index contributed by atoms with van der Waals surface area (Å²) >= 11 is 0. The minimum atomic E-state index is -0.901. The molecule has 8 heteroatoms. The highest BCUT2D eigenvalue weighted by molar-refractivity contribution is 5.72. The lowest BCUT2D eigenvalue weighted by Crippen LogP contribution is -2.41. The maximum atomic E-state index is 14.3. The van der Waals surface area contributed by atoms with Crippen molar-refractivity contribution >= 4 is 11.2 Å². The Balaban J connectivity index is 2.50. The summed E-state index contributed by atoms with van der Waals surface area (Å²) in [7, 11) is 0. The molecule has 2 heterocycles. The largest absolute Gasteiger partial charge is 0.337 e. The molecule has 0 spiro atoms. The van der Waals surface area contributed by atoms with E-state index in [1.165, 1.54) is 12.4 Å². The number of fused-ring (bicyclic) bond motifs is 1. The molecule has 1 aromatic carbocycles. The van der Waals surface area contributed by atoms with E-state index in [1.54, 1.807) is 18.4 Å². The minimum Gasteiger partial charge on any atom is -0.325 e. The van der Waals surface area contributed by atoms with Gasteiger partial charge in [-0.05, 0) is 32.4 Å². The number of hydrogen-bond donors (Lipinski definition) is 0. The highest BCUT2D eigenvalue weighted by Crippen LogP contribution is 2.18. The zero-order chi connectivity index (χ0) is 18.3. The summed E-state index contributed by atoms with van der Waals surface area (Å²) in [6.45, 7) is 5.87. The van der Waals surface area contributed by atoms with Crippen molar-refractivity contribution in [3.8, 4) is 5.69 Å². The summed E-state index contributed by atoms with van der Waals surface area (Å²) in [5.74, 6) is -1.65. The number of nitrogens with zero attached hydrogens (tertiary/aromatic N) is 4. The average molecular weight is 348 g/mol. The van der Waals surface area contributed by atoms with E-state index >= 15 is 0 Å². The Morgan fingerprint density at radius 1 is 1.20 bits per heavy atom. The van der Waals surface area contributed by atoms with Gasteiger partial charge in [0.15, 0.2) is 11.2 Å². The van der Waals surface area contributed by atoms with Gasteiger partial charge in [0.1, 0.15) is 11.6 Å². The maximum Gasteiger partial charge on any atom is 0.337 e. The standard InChI is InChI=1S/C17H18F2N4O2/c1-4-7-21-9-20-15-14(21)16(24)22(10(2)3)17(25)23(15)13-6-5-11(18)8-12(13)19/h5-6,8-10H,4,7H2,1-3H3. The third-order valence-corrected chi connectivity index (χ3v) is 3.98. The summed E-state index contributed by atoms with van der Waals surface area (Å²) in [4.78, 5) is 29.8. The van der Waals surface area contributed by atoms with Crippen molar-refractivity contribution in [1.82, 2.24) is 18.7 Å². The molecule has 0 amide bonds. The molecule has 0 saturated carbocycles. The number of imidazole rings is 1. The molecule has 0 N–H and O–H groups in total. The first-order valence-electron chi connectivity index (χ1n) is 8.04. The van der Waals surface area contributed by atoms with E-state index in [0.717, 1.165) is 21.6 Å². The molecule has 132 valence electrons. The van der Waals surface area contributed by atoms with Crippen LogP contribution in [0.2, 0.25) is 0 Å². The number of rotatable bonds is 4. The Bertz CT molecular complexity index is 1060. The topological polar surface area (TPSA) is 61.8 Å². The SMILES string of the molecule is CCCn1cnc2c1c(=O)n(C(C)C)c(=O)n2-c1ccc(F)cc1F. The van der Waals surface area contributed by atoms with Crippen molar-refractivity contribution in [3.63, 3.8) is 0 Å². The molecule has 0 saturated heterocycles. The van der Waals surface area contributed by atoms with E-state index in [2.05, 4.69) is 4.98 Å². The molecule has 0 atom stereocenters. The Morgan fingerprint density at radius 3 is 2.52 bits per heavy atom. The summed E-state index contributed by atoms with van der Waals surface area (Å²) in [6.07, 6.45) is 2.22. The Kier molecular flexibility index (Phi) is 4.28. The second-order valence-electron chi connectivity index (χ2n) is 6.09. The molecule has 0 bridgehead atoms. The molecule has 0 aliphatic carbocycles. The van der Waals surface area contributed by atoms with Crippen LogP contribution in [-0.2, 0) is 6.54 Å². The molecule has 6 nitrogen and oxygen atoms in total. The lowest BCUT2D eigenvalue weighted by Gasteiger charge is -2.15. The zero-order valence-electron chi connectivity index (χ0n) is 14.2. The summed E-state index contributed by atoms with van der Waals surface area (Å²) in [5, 5.41) is 0. The van der Waals surface area contributed by atoms with Gasteiger partial charge < -0.3 is 4.57 Å². The fraction of sp³-hybridized carbons (Fsp3) is 0.353. The number of aryl methyl sites for hydroxylation is 1. The van der Waals surface area contributed by atoms with Crippen molar-refractivity contribution in [1.29, 1.82) is 0 Å². The fourth-order valence-electron chi connectivity index (χ4n) is 2.90. The van der Waals surface area contributed by atoms with Crippen LogP contribution in [0.15, 0.2) is 34.1 Å². The van der Waals surface area contributed by atoms with Crippen LogP contribution >= 0.6 is 0 Å². The van der Waals surface area contributed by atoms with E-state index in [0.29, 0.717) is 12.6 Å². The molecule has 3 aromatic rings. The Hall–Kier alpha value is -2.77. The number of benzene rings is 1. The fourth-order valence-corrected chi connectivity index (χ4v) is 2.90. The molecule has 0 radical (unpaired) electrons. The first kappa shape index (κ1) is 17.1. The van der Waals surface area contributed by atoms with Gasteiger partial charge in [-0.15, -0.1) is 0 Å². The predicted molar refractivity (Wildman–Crippen MR) is 90.2 cm³/mol. The molecule has 0 fully saturated rings. The van der Waals surface area contributed by atoms with E-state index in [9.17, 15) is 18.4 Å². The van der Waals surface area contributed by atoms with Gasteiger partial charge >= 0.3 is 5.69 Å². The molecular formula is C17H18F2N4O2. The number of hydrogen-bond acceptors (Lipinski definition) is 3. The molecule has 3 rings (SSSR count). The smallest absolute Gasteiger partial charge is 0.325 e. The maximum absolute atomic E-state index is 14.3. The second kappa shape index (κ2) is 6.27. The van der Waals surface area contributed by atoms with E-state index in [-0.39, 0.29) is 16.9 Å². The molecule has 25 heavy (non-hydrogen) atoms. The van der Waals surface area contributed by atoms with Crippen LogP contribution in [-0.4, -0.2) is 18.7 Å². The molecule has 0 aliphatic heterocycles. The van der Waals surface area contributed by atoms with Gasteiger partial charge in [-0.2, -0.15) is 0 Å². The Labute approximate surface area is 142 Å². The highest BCUT2D eigenvalue weighted by atomic mass is 19.1. The monoisotopic (exact) mass is 348 g/mol. The van der Waals surface area contributed by atoms with Gasteiger partial charge in [0, 0.05) is 18.7 Å². The summed E-state index contributed by atoms with van der Waals surface area (Å²) < 4.78 is 31.3. The van der Waals surface area contributed by atoms with Crippen molar-refractivity contribution < 1.29 is 8.78 Å². The van der Waals surface area contributed by atoms with Crippen molar-refractivity contribution in [2.24, 2.45) is 0 Å². The number of aromatic nitrogens is 4. The van der Waals surface area contributed by atoms with Crippen LogP contribution in [0.1, 0.15) is 33.2 Å². The lowest BCUT2D eigenvalue weighted by atomic mass is 10.3. The van der Waals surface area contributed by atoms with Crippen LogP contribution in [0.25, 0.3) is 16.9 Å². The third kappa shape index (κ3) is 2.67. The van der Waals surface area contributed by atoms with Crippen LogP contribution in [0, 0.1) is 11.6 Å². The van der Waals surface area contributed by atoms with Gasteiger partial charge in [-0.3, -0.25) is 9.36 Å². The highest BCUT2D eigenvalue weighted by Gasteiger charge is 2.22. The van der Waals surface area contributed by atoms with Gasteiger partial charge in [-0.1, -0.05) is 6.92 Å². The first-order chi connectivity index (χ1) is 11.9. The van der Waals surface area contributed by atoms with Crippen LogP contribution in [0.4, 0.5) is 8.78 Å². The quantitative estimate of drug-likeness (QED) is 0.728. The van der Waals surface area contributed by atoms with Gasteiger partial charge in [0.25, 0.3) is 5.56 Å². The third-order valence-electron chi connectivity index (χ3n) is 3.98. The van der Waals surface area contributed by atoms with Crippen LogP contribution < -0.4 is 11.2 Å². The van der Waals surface area contributed by atoms with Gasteiger partial charge in [-0.25, -0.2) is 23.1 Å². The summed E-state index contributed by atoms with van der Waals surface area (Å²) in [6, 6.07) is 2.50. The Morgan fingerprint density at radius 2 is 1.92 bits per heavy atom. The van der Waals surface area contributed by atoms with Gasteiger partial charge in [0.05, 0.1) is 12.0 Å². The molecule has 0 unspecified atom stereocenters. The van der Waals surface area contributed by atoms with E-state index in [1.807, 2.05) is 6.92 Å². The molecular weight excluding hydrogens is 330 g/mol. The minimum absolute atomic E-state index is 0.0610. The average Bonchev–Trinajstić information content (AvgIpc) is 2.93. The lowest BCUT2D eigenvalue weighted by molar-refractivity contribution is 0.530. The second-order valence-corrected chi connectivity index (χ2v) is 6.09. The van der Waals surface area contributed by atoms with E-state index < -0.39 is 28.9 Å².